The van der Waals surface area contributed by atoms with Gasteiger partial charge in [-0.25, -0.2) is 0 Å². The van der Waals surface area contributed by atoms with Crippen molar-refractivity contribution in [1.29, 1.82) is 0 Å². The van der Waals surface area contributed by atoms with Crippen molar-refractivity contribution < 1.29 is 9.47 Å². The maximum atomic E-state index is 5.78. The van der Waals surface area contributed by atoms with Crippen LogP contribution in [0, 0.1) is 5.41 Å². The Bertz CT molecular complexity index is 454. The number of benzene rings is 1. The molecule has 1 aliphatic rings. The van der Waals surface area contributed by atoms with Gasteiger partial charge in [-0.3, -0.25) is 0 Å². The Hall–Kier alpha value is -1.22. The van der Waals surface area contributed by atoms with Gasteiger partial charge >= 0.3 is 0 Å². The number of nitrogens with two attached hydrogens (primary N) is 1. The molecule has 19 heavy (non-hydrogen) atoms. The fourth-order valence-corrected chi connectivity index (χ4v) is 3.29. The normalized spacial score (nSPS) is 20.8. The van der Waals surface area contributed by atoms with E-state index >= 15 is 0 Å². The van der Waals surface area contributed by atoms with E-state index in [0.717, 1.165) is 30.9 Å². The second kappa shape index (κ2) is 5.41. The smallest absolute Gasteiger partial charge is 0.161 e. The molecule has 0 fully saturated rings. The van der Waals surface area contributed by atoms with Crippen LogP contribution in [0.25, 0.3) is 0 Å². The summed E-state index contributed by atoms with van der Waals surface area (Å²) in [6.07, 6.45) is 3.31. The number of rotatable bonds is 4. The summed E-state index contributed by atoms with van der Waals surface area (Å²) in [6, 6.07) is 4.28. The van der Waals surface area contributed by atoms with E-state index in [9.17, 15) is 0 Å². The van der Waals surface area contributed by atoms with Gasteiger partial charge in [-0.05, 0) is 60.4 Å². The van der Waals surface area contributed by atoms with Crippen LogP contribution in [0.3, 0.4) is 0 Å². The molecule has 0 saturated carbocycles. The number of fused-ring (bicyclic) bond motifs is 1. The summed E-state index contributed by atoms with van der Waals surface area (Å²) in [5.74, 6) is 2.18. The molecule has 3 nitrogen and oxygen atoms in total. The van der Waals surface area contributed by atoms with E-state index in [-0.39, 0.29) is 0 Å². The Kier molecular flexibility index (Phi) is 4.04. The van der Waals surface area contributed by atoms with Crippen LogP contribution in [0.2, 0.25) is 0 Å². The number of hydrogen-bond acceptors (Lipinski definition) is 3. The van der Waals surface area contributed by atoms with E-state index in [4.69, 9.17) is 15.2 Å². The maximum absolute atomic E-state index is 5.78. The van der Waals surface area contributed by atoms with Gasteiger partial charge in [-0.1, -0.05) is 13.8 Å². The lowest BCUT2D eigenvalue weighted by atomic mass is 9.68. The van der Waals surface area contributed by atoms with Gasteiger partial charge in [0.15, 0.2) is 11.5 Å². The van der Waals surface area contributed by atoms with Gasteiger partial charge in [0.1, 0.15) is 0 Å². The molecule has 0 aliphatic heterocycles. The van der Waals surface area contributed by atoms with E-state index in [1.165, 1.54) is 17.5 Å². The van der Waals surface area contributed by atoms with Crippen LogP contribution in [-0.4, -0.2) is 20.8 Å². The highest BCUT2D eigenvalue weighted by atomic mass is 16.5. The molecule has 0 heterocycles. The van der Waals surface area contributed by atoms with Crippen LogP contribution in [0.15, 0.2) is 12.1 Å². The van der Waals surface area contributed by atoms with Gasteiger partial charge in [0, 0.05) is 0 Å². The van der Waals surface area contributed by atoms with Crippen LogP contribution in [-0.2, 0) is 6.42 Å². The monoisotopic (exact) mass is 263 g/mol. The van der Waals surface area contributed by atoms with E-state index in [1.807, 2.05) is 0 Å². The van der Waals surface area contributed by atoms with Gasteiger partial charge in [-0.2, -0.15) is 0 Å². The van der Waals surface area contributed by atoms with Gasteiger partial charge in [0.25, 0.3) is 0 Å². The minimum atomic E-state index is 0.326. The number of ether oxygens (including phenoxy) is 2. The third-order valence-corrected chi connectivity index (χ3v) is 4.07. The predicted molar refractivity (Wildman–Crippen MR) is 78.1 cm³/mol. The minimum absolute atomic E-state index is 0.326. The molecule has 2 rings (SSSR count). The zero-order valence-corrected chi connectivity index (χ0v) is 12.5. The highest BCUT2D eigenvalue weighted by Gasteiger charge is 2.32. The first kappa shape index (κ1) is 14.2. The first-order chi connectivity index (χ1) is 9.00. The van der Waals surface area contributed by atoms with Crippen molar-refractivity contribution in [3.05, 3.63) is 23.3 Å². The summed E-state index contributed by atoms with van der Waals surface area (Å²) in [4.78, 5) is 0. The molecule has 3 heteroatoms. The van der Waals surface area contributed by atoms with Gasteiger partial charge in [-0.15, -0.1) is 0 Å². The van der Waals surface area contributed by atoms with E-state index in [1.54, 1.807) is 14.2 Å². The Labute approximate surface area is 116 Å². The highest BCUT2D eigenvalue weighted by Crippen LogP contribution is 2.46. The van der Waals surface area contributed by atoms with Crippen molar-refractivity contribution in [3.8, 4) is 11.5 Å². The van der Waals surface area contributed by atoms with Crippen LogP contribution >= 0.6 is 0 Å². The lowest BCUT2D eigenvalue weighted by molar-refractivity contribution is 0.272. The molecule has 1 aromatic carbocycles. The molecule has 0 bridgehead atoms. The van der Waals surface area contributed by atoms with E-state index < -0.39 is 0 Å². The van der Waals surface area contributed by atoms with E-state index in [2.05, 4.69) is 26.0 Å². The molecule has 106 valence electrons. The first-order valence-corrected chi connectivity index (χ1v) is 6.95. The summed E-state index contributed by atoms with van der Waals surface area (Å²) >= 11 is 0. The van der Waals surface area contributed by atoms with Gasteiger partial charge < -0.3 is 15.2 Å². The van der Waals surface area contributed by atoms with Crippen LogP contribution in [0.4, 0.5) is 0 Å². The molecule has 0 amide bonds. The van der Waals surface area contributed by atoms with Crippen molar-refractivity contribution in [2.24, 2.45) is 11.1 Å². The zero-order valence-electron chi connectivity index (χ0n) is 12.5. The fraction of sp³-hybridized carbons (Fsp3) is 0.625. The number of hydrogen-bond donors (Lipinski definition) is 1. The van der Waals surface area contributed by atoms with Crippen molar-refractivity contribution in [2.45, 2.75) is 39.0 Å². The largest absolute Gasteiger partial charge is 0.493 e. The third kappa shape index (κ3) is 2.86. The Balaban J connectivity index is 2.47. The highest BCUT2D eigenvalue weighted by molar-refractivity contribution is 5.50. The van der Waals surface area contributed by atoms with Crippen molar-refractivity contribution in [2.75, 3.05) is 20.8 Å². The van der Waals surface area contributed by atoms with Gasteiger partial charge in [0.05, 0.1) is 14.2 Å². The topological polar surface area (TPSA) is 44.5 Å². The third-order valence-electron chi connectivity index (χ3n) is 4.07. The predicted octanol–water partition coefficient (Wildman–Crippen LogP) is 3.11. The average Bonchev–Trinajstić information content (AvgIpc) is 2.36. The average molecular weight is 263 g/mol. The second-order valence-electron chi connectivity index (χ2n) is 6.23. The van der Waals surface area contributed by atoms with Crippen LogP contribution < -0.4 is 15.2 Å². The van der Waals surface area contributed by atoms with E-state index in [0.29, 0.717) is 11.3 Å². The van der Waals surface area contributed by atoms with Crippen molar-refractivity contribution in [3.63, 3.8) is 0 Å². The molecular weight excluding hydrogens is 238 g/mol. The molecule has 1 aromatic rings. The summed E-state index contributed by atoms with van der Waals surface area (Å²) < 4.78 is 10.8. The van der Waals surface area contributed by atoms with Crippen LogP contribution in [0.5, 0.6) is 11.5 Å². The molecule has 0 radical (unpaired) electrons. The quantitative estimate of drug-likeness (QED) is 0.907. The molecule has 1 atom stereocenters. The lowest BCUT2D eigenvalue weighted by Gasteiger charge is -2.37. The zero-order chi connectivity index (χ0) is 14.0. The molecule has 0 saturated heterocycles. The summed E-state index contributed by atoms with van der Waals surface area (Å²) in [6.45, 7) is 5.39. The molecule has 1 aliphatic carbocycles. The first-order valence-electron chi connectivity index (χ1n) is 6.95. The molecule has 2 N–H and O–H groups in total. The van der Waals surface area contributed by atoms with Crippen LogP contribution in [0.1, 0.15) is 43.7 Å². The summed E-state index contributed by atoms with van der Waals surface area (Å²) in [5.41, 5.74) is 8.87. The van der Waals surface area contributed by atoms with Gasteiger partial charge in [0.2, 0.25) is 0 Å². The number of methoxy groups -OCH3 is 2. The second-order valence-corrected chi connectivity index (χ2v) is 6.23. The SMILES string of the molecule is COc1cc2c(cc1OC)C(CCN)CC(C)(C)C2. The maximum Gasteiger partial charge on any atom is 0.161 e. The molecule has 0 spiro atoms. The standard InChI is InChI=1S/C16H25NO2/c1-16(2)9-11(5-6-17)13-8-15(19-4)14(18-3)7-12(13)10-16/h7-8,11H,5-6,9-10,17H2,1-4H3. The lowest BCUT2D eigenvalue weighted by Crippen LogP contribution is -2.27. The minimum Gasteiger partial charge on any atom is -0.493 e. The summed E-state index contributed by atoms with van der Waals surface area (Å²) in [5, 5.41) is 0. The van der Waals surface area contributed by atoms with Crippen molar-refractivity contribution in [1.82, 2.24) is 0 Å². The Morgan fingerprint density at radius 2 is 1.84 bits per heavy atom. The molecular formula is C16H25NO2. The van der Waals surface area contributed by atoms with Crippen molar-refractivity contribution >= 4 is 0 Å². The molecule has 0 aromatic heterocycles. The Morgan fingerprint density at radius 3 is 2.42 bits per heavy atom. The molecule has 1 unspecified atom stereocenters. The summed E-state index contributed by atoms with van der Waals surface area (Å²) in [7, 11) is 3.38. The Morgan fingerprint density at radius 1 is 1.21 bits per heavy atom. The fourth-order valence-electron chi connectivity index (χ4n) is 3.29.